The van der Waals surface area contributed by atoms with Crippen LogP contribution in [-0.4, -0.2) is 21.7 Å². The van der Waals surface area contributed by atoms with Crippen molar-refractivity contribution in [3.63, 3.8) is 0 Å². The molecule has 6 heteroatoms. The Morgan fingerprint density at radius 3 is 2.84 bits per heavy atom. The van der Waals surface area contributed by atoms with Crippen LogP contribution in [0.3, 0.4) is 0 Å². The molecule has 19 heavy (non-hydrogen) atoms. The van der Waals surface area contributed by atoms with Crippen LogP contribution in [0, 0.1) is 0 Å². The van der Waals surface area contributed by atoms with E-state index < -0.39 is 0 Å². The van der Waals surface area contributed by atoms with E-state index in [2.05, 4.69) is 27.4 Å². The lowest BCUT2D eigenvalue weighted by molar-refractivity contribution is 0.442. The molecule has 0 bridgehead atoms. The fourth-order valence-electron chi connectivity index (χ4n) is 2.47. The topological polar surface area (TPSA) is 50.7 Å². The first kappa shape index (κ1) is 13.0. The summed E-state index contributed by atoms with van der Waals surface area (Å²) in [6, 6.07) is 0. The molecule has 1 saturated carbocycles. The van der Waals surface area contributed by atoms with E-state index in [0.29, 0.717) is 5.92 Å². The minimum atomic E-state index is 0.675. The summed E-state index contributed by atoms with van der Waals surface area (Å²) in [5.41, 5.74) is 0. The largest absolute Gasteiger partial charge is 0.360 e. The second-order valence-corrected chi connectivity index (χ2v) is 6.88. The van der Waals surface area contributed by atoms with Crippen molar-refractivity contribution in [2.24, 2.45) is 0 Å². The normalized spacial score (nSPS) is 16.7. The highest BCUT2D eigenvalue weighted by molar-refractivity contribution is 7.23. The summed E-state index contributed by atoms with van der Waals surface area (Å²) in [5.74, 6) is 0.675. The van der Waals surface area contributed by atoms with Gasteiger partial charge in [-0.2, -0.15) is 0 Å². The number of thiazole rings is 1. The fourth-order valence-corrected chi connectivity index (χ4v) is 4.40. The van der Waals surface area contributed by atoms with Crippen LogP contribution in [0.5, 0.6) is 0 Å². The average Bonchev–Trinajstić information content (AvgIpc) is 3.08. The Hall–Kier alpha value is -1.01. The predicted molar refractivity (Wildman–Crippen MR) is 81.0 cm³/mol. The Balaban J connectivity index is 1.75. The highest BCUT2D eigenvalue weighted by Gasteiger charge is 2.20. The van der Waals surface area contributed by atoms with Crippen molar-refractivity contribution in [2.75, 3.05) is 11.9 Å². The average molecular weight is 294 g/mol. The van der Waals surface area contributed by atoms with E-state index in [1.807, 2.05) is 6.20 Å². The smallest absolute Gasteiger partial charge is 0.206 e. The van der Waals surface area contributed by atoms with E-state index in [4.69, 9.17) is 0 Å². The Labute approximate surface area is 121 Å². The number of hydrogen-bond donors (Lipinski definition) is 1. The zero-order chi connectivity index (χ0) is 13.1. The van der Waals surface area contributed by atoms with Gasteiger partial charge in [0.1, 0.15) is 0 Å². The number of nitrogens with one attached hydrogen (secondary N) is 1. The maximum absolute atomic E-state index is 4.61. The van der Waals surface area contributed by atoms with Crippen LogP contribution < -0.4 is 5.32 Å². The summed E-state index contributed by atoms with van der Waals surface area (Å²) >= 11 is 3.40. The quantitative estimate of drug-likeness (QED) is 0.920. The lowest BCUT2D eigenvalue weighted by atomic mass is 9.90. The monoisotopic (exact) mass is 294 g/mol. The van der Waals surface area contributed by atoms with Crippen molar-refractivity contribution in [3.8, 4) is 9.88 Å². The van der Waals surface area contributed by atoms with Crippen LogP contribution >= 0.6 is 22.7 Å². The molecular weight excluding hydrogens is 276 g/mol. The third kappa shape index (κ3) is 2.95. The van der Waals surface area contributed by atoms with Gasteiger partial charge in [-0.25, -0.2) is 4.98 Å². The number of nitrogens with zero attached hydrogens (tertiary/aromatic N) is 3. The number of rotatable bonds is 4. The van der Waals surface area contributed by atoms with Crippen molar-refractivity contribution in [2.45, 2.75) is 44.9 Å². The van der Waals surface area contributed by atoms with Crippen LogP contribution in [0.25, 0.3) is 9.88 Å². The molecule has 0 unspecified atom stereocenters. The lowest BCUT2D eigenvalue weighted by Crippen LogP contribution is -2.03. The summed E-state index contributed by atoms with van der Waals surface area (Å²) in [5, 5.41) is 14.7. The standard InChI is InChI=1S/C13H18N4S2/c1-2-14-13-17-16-12(19-13)10-8-15-11(18-10)9-6-4-3-5-7-9/h8-9H,2-7H2,1H3,(H,14,17). The molecule has 1 aliphatic rings. The highest BCUT2D eigenvalue weighted by atomic mass is 32.1. The Morgan fingerprint density at radius 2 is 2.05 bits per heavy atom. The van der Waals surface area contributed by atoms with Gasteiger partial charge in [0.15, 0.2) is 5.01 Å². The molecule has 0 spiro atoms. The van der Waals surface area contributed by atoms with Gasteiger partial charge < -0.3 is 5.32 Å². The van der Waals surface area contributed by atoms with Gasteiger partial charge in [0.2, 0.25) is 5.13 Å². The molecule has 1 aliphatic carbocycles. The van der Waals surface area contributed by atoms with Crippen LogP contribution in [0.1, 0.15) is 50.0 Å². The van der Waals surface area contributed by atoms with Crippen molar-refractivity contribution < 1.29 is 0 Å². The molecule has 2 aromatic heterocycles. The summed E-state index contributed by atoms with van der Waals surface area (Å²) in [7, 11) is 0. The van der Waals surface area contributed by atoms with Crippen molar-refractivity contribution in [1.82, 2.24) is 15.2 Å². The first-order valence-electron chi connectivity index (χ1n) is 6.90. The van der Waals surface area contributed by atoms with Gasteiger partial charge in [0.25, 0.3) is 0 Å². The van der Waals surface area contributed by atoms with Crippen LogP contribution in [0.4, 0.5) is 5.13 Å². The van der Waals surface area contributed by atoms with Gasteiger partial charge in [0, 0.05) is 18.7 Å². The SMILES string of the molecule is CCNc1nnc(-c2cnc(C3CCCCC3)s2)s1. The maximum Gasteiger partial charge on any atom is 0.206 e. The first-order chi connectivity index (χ1) is 9.36. The molecule has 2 heterocycles. The third-order valence-electron chi connectivity index (χ3n) is 3.44. The van der Waals surface area contributed by atoms with Gasteiger partial charge in [-0.05, 0) is 19.8 Å². The molecule has 0 radical (unpaired) electrons. The Bertz CT molecular complexity index is 528. The van der Waals surface area contributed by atoms with E-state index in [0.717, 1.165) is 21.6 Å². The maximum atomic E-state index is 4.61. The number of anilines is 1. The molecule has 4 nitrogen and oxygen atoms in total. The Kier molecular flexibility index (Phi) is 4.08. The van der Waals surface area contributed by atoms with Gasteiger partial charge in [-0.15, -0.1) is 21.5 Å². The van der Waals surface area contributed by atoms with E-state index in [9.17, 15) is 0 Å². The van der Waals surface area contributed by atoms with E-state index >= 15 is 0 Å². The Morgan fingerprint density at radius 1 is 1.21 bits per heavy atom. The lowest BCUT2D eigenvalue weighted by Gasteiger charge is -2.18. The van der Waals surface area contributed by atoms with Crippen LogP contribution in [-0.2, 0) is 0 Å². The predicted octanol–water partition coefficient (Wildman–Crippen LogP) is 4.14. The fraction of sp³-hybridized carbons (Fsp3) is 0.615. The third-order valence-corrected chi connectivity index (χ3v) is 5.65. The second kappa shape index (κ2) is 5.96. The highest BCUT2D eigenvalue weighted by Crippen LogP contribution is 2.38. The van der Waals surface area contributed by atoms with E-state index in [1.54, 1.807) is 22.7 Å². The molecule has 0 saturated heterocycles. The minimum Gasteiger partial charge on any atom is -0.360 e. The number of hydrogen-bond acceptors (Lipinski definition) is 6. The summed E-state index contributed by atoms with van der Waals surface area (Å²) in [6.45, 7) is 2.94. The summed E-state index contributed by atoms with van der Waals surface area (Å²) in [4.78, 5) is 5.76. The molecule has 1 fully saturated rings. The van der Waals surface area contributed by atoms with Gasteiger partial charge in [0.05, 0.1) is 9.88 Å². The molecule has 102 valence electrons. The van der Waals surface area contributed by atoms with Crippen LogP contribution in [0.2, 0.25) is 0 Å². The van der Waals surface area contributed by atoms with Crippen molar-refractivity contribution >= 4 is 27.8 Å². The molecule has 1 N–H and O–H groups in total. The van der Waals surface area contributed by atoms with Crippen molar-refractivity contribution in [3.05, 3.63) is 11.2 Å². The summed E-state index contributed by atoms with van der Waals surface area (Å²) in [6.07, 6.45) is 8.64. The molecule has 0 aromatic carbocycles. The molecule has 0 amide bonds. The molecule has 3 rings (SSSR count). The van der Waals surface area contributed by atoms with Gasteiger partial charge in [-0.3, -0.25) is 0 Å². The second-order valence-electron chi connectivity index (χ2n) is 4.84. The minimum absolute atomic E-state index is 0.675. The zero-order valence-electron chi connectivity index (χ0n) is 11.1. The van der Waals surface area contributed by atoms with Crippen molar-refractivity contribution in [1.29, 1.82) is 0 Å². The van der Waals surface area contributed by atoms with Crippen LogP contribution in [0.15, 0.2) is 6.20 Å². The zero-order valence-corrected chi connectivity index (χ0v) is 12.7. The van der Waals surface area contributed by atoms with E-state index in [-0.39, 0.29) is 0 Å². The number of aromatic nitrogens is 3. The summed E-state index contributed by atoms with van der Waals surface area (Å²) < 4.78 is 0. The van der Waals surface area contributed by atoms with Gasteiger partial charge >= 0.3 is 0 Å². The molecule has 0 atom stereocenters. The molecular formula is C13H18N4S2. The molecule has 0 aliphatic heterocycles. The first-order valence-corrected chi connectivity index (χ1v) is 8.53. The molecule has 2 aromatic rings. The van der Waals surface area contributed by atoms with E-state index in [1.165, 1.54) is 37.1 Å². The van der Waals surface area contributed by atoms with Gasteiger partial charge in [-0.1, -0.05) is 30.6 Å².